The number of hydrogen-bond donors (Lipinski definition) is 0. The lowest BCUT2D eigenvalue weighted by Gasteiger charge is -2.17. The van der Waals surface area contributed by atoms with Crippen LogP contribution in [0, 0.1) is 5.92 Å². The molecule has 0 aliphatic carbocycles. The van der Waals surface area contributed by atoms with E-state index in [2.05, 4.69) is 27.7 Å². The quantitative estimate of drug-likeness (QED) is 0.197. The molecule has 0 fully saturated rings. The van der Waals surface area contributed by atoms with Crippen molar-refractivity contribution in [1.29, 1.82) is 0 Å². The van der Waals surface area contributed by atoms with E-state index < -0.39 is 0 Å². The molecule has 0 saturated carbocycles. The van der Waals surface area contributed by atoms with Crippen LogP contribution in [0.1, 0.15) is 118 Å². The normalized spacial score (nSPS) is 13.2. The lowest BCUT2D eigenvalue weighted by molar-refractivity contribution is -0.150. The Bertz CT molecular complexity index is 367. The van der Waals surface area contributed by atoms with E-state index in [4.69, 9.17) is 9.47 Å². The van der Waals surface area contributed by atoms with Gasteiger partial charge in [0.25, 0.3) is 0 Å². The number of unbranched alkanes of at least 4 members (excludes halogenated alkanes) is 4. The number of carbonyl (C=O) groups excluding carboxylic acids is 2. The van der Waals surface area contributed by atoms with E-state index in [1.54, 1.807) is 0 Å². The highest BCUT2D eigenvalue weighted by atomic mass is 16.5. The lowest BCUT2D eigenvalue weighted by Crippen LogP contribution is -2.18. The summed E-state index contributed by atoms with van der Waals surface area (Å²) >= 11 is 0. The summed E-state index contributed by atoms with van der Waals surface area (Å²) in [6.07, 6.45) is 13.4. The Morgan fingerprint density at radius 2 is 1.41 bits per heavy atom. The van der Waals surface area contributed by atoms with Gasteiger partial charge in [0.05, 0.1) is 6.61 Å². The first-order valence-corrected chi connectivity index (χ1v) is 11.4. The van der Waals surface area contributed by atoms with Gasteiger partial charge < -0.3 is 9.47 Å². The van der Waals surface area contributed by atoms with Crippen LogP contribution in [-0.2, 0) is 19.1 Å². The Labute approximate surface area is 167 Å². The maximum Gasteiger partial charge on any atom is 0.306 e. The molecule has 0 spiro atoms. The van der Waals surface area contributed by atoms with Crippen LogP contribution < -0.4 is 0 Å². The van der Waals surface area contributed by atoms with Gasteiger partial charge in [-0.15, -0.1) is 0 Å². The third-order valence-electron chi connectivity index (χ3n) is 5.04. The van der Waals surface area contributed by atoms with Crippen molar-refractivity contribution in [3.05, 3.63) is 0 Å². The van der Waals surface area contributed by atoms with Crippen molar-refractivity contribution in [2.45, 2.75) is 124 Å². The number of ether oxygens (including phenoxy) is 2. The van der Waals surface area contributed by atoms with Crippen molar-refractivity contribution in [3.63, 3.8) is 0 Å². The van der Waals surface area contributed by atoms with E-state index in [0.29, 0.717) is 31.8 Å². The summed E-state index contributed by atoms with van der Waals surface area (Å²) in [4.78, 5) is 23.9. The third kappa shape index (κ3) is 15.7. The second-order valence-corrected chi connectivity index (χ2v) is 7.70. The SMILES string of the molecule is CCCCCCC(CC)OC(=O)CCCC(=O)OCC(CCC)CCCC. The fourth-order valence-corrected chi connectivity index (χ4v) is 3.26. The van der Waals surface area contributed by atoms with Crippen LogP contribution in [0.5, 0.6) is 0 Å². The predicted molar refractivity (Wildman–Crippen MR) is 112 cm³/mol. The summed E-state index contributed by atoms with van der Waals surface area (Å²) in [6.45, 7) is 9.12. The topological polar surface area (TPSA) is 52.6 Å². The first-order valence-electron chi connectivity index (χ1n) is 11.4. The van der Waals surface area contributed by atoms with Crippen molar-refractivity contribution in [2.24, 2.45) is 5.92 Å². The molecule has 27 heavy (non-hydrogen) atoms. The lowest BCUT2D eigenvalue weighted by atomic mass is 9.98. The van der Waals surface area contributed by atoms with E-state index in [0.717, 1.165) is 38.5 Å². The smallest absolute Gasteiger partial charge is 0.306 e. The molecule has 0 radical (unpaired) electrons. The highest BCUT2D eigenvalue weighted by Gasteiger charge is 2.14. The summed E-state index contributed by atoms with van der Waals surface area (Å²) in [5.74, 6) is 0.103. The molecular formula is C23H44O4. The minimum Gasteiger partial charge on any atom is -0.465 e. The molecule has 0 aromatic heterocycles. The molecule has 0 N–H and O–H groups in total. The standard InChI is InChI=1S/C23H44O4/c1-5-9-11-12-16-21(8-4)27-23(25)18-13-17-22(24)26-19-20(14-7-3)15-10-6-2/h20-21H,5-19H2,1-4H3. The highest BCUT2D eigenvalue weighted by molar-refractivity contribution is 5.72. The Kier molecular flexibility index (Phi) is 17.6. The molecule has 0 aliphatic heterocycles. The molecule has 4 heteroatoms. The minimum atomic E-state index is -0.188. The minimum absolute atomic E-state index is 0.0228. The van der Waals surface area contributed by atoms with Crippen LogP contribution >= 0.6 is 0 Å². The summed E-state index contributed by atoms with van der Waals surface area (Å²) < 4.78 is 11.0. The molecule has 2 unspecified atom stereocenters. The maximum absolute atomic E-state index is 12.0. The van der Waals surface area contributed by atoms with Gasteiger partial charge in [0.2, 0.25) is 0 Å². The van der Waals surface area contributed by atoms with Crippen LogP contribution in [0.4, 0.5) is 0 Å². The van der Waals surface area contributed by atoms with Gasteiger partial charge in [-0.05, 0) is 44.4 Å². The Balaban J connectivity index is 3.91. The van der Waals surface area contributed by atoms with Gasteiger partial charge in [0.15, 0.2) is 0 Å². The van der Waals surface area contributed by atoms with Crippen LogP contribution in [-0.4, -0.2) is 24.6 Å². The molecule has 2 atom stereocenters. The molecule has 0 saturated heterocycles. The van der Waals surface area contributed by atoms with E-state index >= 15 is 0 Å². The molecule has 0 aliphatic rings. The highest BCUT2D eigenvalue weighted by Crippen LogP contribution is 2.16. The van der Waals surface area contributed by atoms with E-state index in [1.807, 2.05) is 0 Å². The number of rotatable bonds is 18. The van der Waals surface area contributed by atoms with Crippen LogP contribution in [0.3, 0.4) is 0 Å². The van der Waals surface area contributed by atoms with Crippen molar-refractivity contribution in [2.75, 3.05) is 6.61 Å². The van der Waals surface area contributed by atoms with Gasteiger partial charge in [-0.1, -0.05) is 66.2 Å². The van der Waals surface area contributed by atoms with Gasteiger partial charge in [0.1, 0.15) is 6.10 Å². The fourth-order valence-electron chi connectivity index (χ4n) is 3.26. The average molecular weight is 385 g/mol. The predicted octanol–water partition coefficient (Wildman–Crippen LogP) is 6.60. The van der Waals surface area contributed by atoms with Gasteiger partial charge in [-0.2, -0.15) is 0 Å². The van der Waals surface area contributed by atoms with E-state index in [1.165, 1.54) is 32.1 Å². The van der Waals surface area contributed by atoms with E-state index in [-0.39, 0.29) is 18.0 Å². The van der Waals surface area contributed by atoms with Gasteiger partial charge in [0, 0.05) is 12.8 Å². The van der Waals surface area contributed by atoms with E-state index in [9.17, 15) is 9.59 Å². The van der Waals surface area contributed by atoms with Crippen LogP contribution in [0.25, 0.3) is 0 Å². The second kappa shape index (κ2) is 18.3. The molecule has 0 aromatic carbocycles. The molecular weight excluding hydrogens is 340 g/mol. The second-order valence-electron chi connectivity index (χ2n) is 7.70. The zero-order chi connectivity index (χ0) is 20.3. The zero-order valence-electron chi connectivity index (χ0n) is 18.4. The van der Waals surface area contributed by atoms with Crippen molar-refractivity contribution < 1.29 is 19.1 Å². The first kappa shape index (κ1) is 25.9. The summed E-state index contributed by atoms with van der Waals surface area (Å²) in [6, 6.07) is 0. The van der Waals surface area contributed by atoms with Gasteiger partial charge in [-0.25, -0.2) is 0 Å². The molecule has 4 nitrogen and oxygen atoms in total. The van der Waals surface area contributed by atoms with Crippen molar-refractivity contribution in [3.8, 4) is 0 Å². The molecule has 160 valence electrons. The van der Waals surface area contributed by atoms with Crippen LogP contribution in [0.15, 0.2) is 0 Å². The number of hydrogen-bond acceptors (Lipinski definition) is 4. The Hall–Kier alpha value is -1.06. The number of esters is 2. The summed E-state index contributed by atoms with van der Waals surface area (Å²) in [5, 5.41) is 0. The monoisotopic (exact) mass is 384 g/mol. The Morgan fingerprint density at radius 1 is 0.704 bits per heavy atom. The Morgan fingerprint density at radius 3 is 2.04 bits per heavy atom. The molecule has 0 rings (SSSR count). The number of carbonyl (C=O) groups is 2. The largest absolute Gasteiger partial charge is 0.465 e. The van der Waals surface area contributed by atoms with Crippen molar-refractivity contribution in [1.82, 2.24) is 0 Å². The molecule has 0 heterocycles. The van der Waals surface area contributed by atoms with Crippen LogP contribution in [0.2, 0.25) is 0 Å². The maximum atomic E-state index is 12.0. The zero-order valence-corrected chi connectivity index (χ0v) is 18.4. The average Bonchev–Trinajstić information content (AvgIpc) is 2.66. The molecule has 0 bridgehead atoms. The van der Waals surface area contributed by atoms with Crippen molar-refractivity contribution >= 4 is 11.9 Å². The summed E-state index contributed by atoms with van der Waals surface area (Å²) in [7, 11) is 0. The molecule has 0 amide bonds. The molecule has 0 aromatic rings. The van der Waals surface area contributed by atoms with Gasteiger partial charge >= 0.3 is 11.9 Å². The van der Waals surface area contributed by atoms with Gasteiger partial charge in [-0.3, -0.25) is 9.59 Å². The summed E-state index contributed by atoms with van der Waals surface area (Å²) in [5.41, 5.74) is 0. The fraction of sp³-hybridized carbons (Fsp3) is 0.913. The third-order valence-corrected chi connectivity index (χ3v) is 5.04. The first-order chi connectivity index (χ1) is 13.1.